The number of carbonyl (C=O) groups is 1. The van der Waals surface area contributed by atoms with Crippen LogP contribution in [0.1, 0.15) is 24.0 Å². The molecule has 0 bridgehead atoms. The molecular formula is C30H24F4O4. The van der Waals surface area contributed by atoms with Crippen molar-refractivity contribution >= 4 is 5.97 Å². The summed E-state index contributed by atoms with van der Waals surface area (Å²) in [6.45, 7) is 1.77. The van der Waals surface area contributed by atoms with Gasteiger partial charge in [0.1, 0.15) is 12.4 Å². The molecule has 8 heteroatoms. The number of benzene rings is 4. The van der Waals surface area contributed by atoms with Crippen LogP contribution in [-0.4, -0.2) is 17.7 Å². The lowest BCUT2D eigenvalue weighted by molar-refractivity contribution is -0.137. The molecule has 0 spiro atoms. The second kappa shape index (κ2) is 11.8. The average Bonchev–Trinajstić information content (AvgIpc) is 2.89. The number of hydrogen-bond donors (Lipinski definition) is 1. The third kappa shape index (κ3) is 6.14. The number of aliphatic carboxylic acids is 1. The van der Waals surface area contributed by atoms with E-state index in [2.05, 4.69) is 0 Å². The summed E-state index contributed by atoms with van der Waals surface area (Å²) in [4.78, 5) is 10.6. The lowest BCUT2D eigenvalue weighted by Gasteiger charge is -2.15. The van der Waals surface area contributed by atoms with Crippen LogP contribution in [0.5, 0.6) is 11.5 Å². The number of halogens is 4. The van der Waals surface area contributed by atoms with Crippen LogP contribution in [0.2, 0.25) is 0 Å². The first kappa shape index (κ1) is 26.7. The van der Waals surface area contributed by atoms with Gasteiger partial charge < -0.3 is 14.6 Å². The average molecular weight is 525 g/mol. The first-order chi connectivity index (χ1) is 18.2. The van der Waals surface area contributed by atoms with E-state index in [1.807, 2.05) is 55.5 Å². The monoisotopic (exact) mass is 524 g/mol. The van der Waals surface area contributed by atoms with E-state index in [9.17, 15) is 22.4 Å². The smallest absolute Gasteiger partial charge is 0.303 e. The first-order valence-electron chi connectivity index (χ1n) is 11.8. The van der Waals surface area contributed by atoms with E-state index in [-0.39, 0.29) is 42.9 Å². The normalized spacial score (nSPS) is 10.9. The summed E-state index contributed by atoms with van der Waals surface area (Å²) in [5.41, 5.74) is 3.20. The molecule has 4 rings (SSSR count). The van der Waals surface area contributed by atoms with Crippen LogP contribution in [0.15, 0.2) is 72.8 Å². The Balaban J connectivity index is 1.56. The van der Waals surface area contributed by atoms with Gasteiger partial charge in [0.25, 0.3) is 0 Å². The molecule has 0 atom stereocenters. The van der Waals surface area contributed by atoms with Crippen molar-refractivity contribution in [1.82, 2.24) is 0 Å². The highest BCUT2D eigenvalue weighted by molar-refractivity contribution is 5.69. The van der Waals surface area contributed by atoms with Crippen LogP contribution in [0.3, 0.4) is 0 Å². The van der Waals surface area contributed by atoms with Gasteiger partial charge in [0, 0.05) is 18.1 Å². The second-order valence-electron chi connectivity index (χ2n) is 8.63. The van der Waals surface area contributed by atoms with Crippen LogP contribution in [-0.2, 0) is 11.4 Å². The van der Waals surface area contributed by atoms with Crippen LogP contribution in [0.4, 0.5) is 17.6 Å². The Morgan fingerprint density at radius 2 is 1.50 bits per heavy atom. The van der Waals surface area contributed by atoms with Crippen molar-refractivity contribution in [2.24, 2.45) is 0 Å². The molecule has 0 aromatic heterocycles. The van der Waals surface area contributed by atoms with Crippen LogP contribution in [0.25, 0.3) is 22.3 Å². The highest BCUT2D eigenvalue weighted by atomic mass is 19.2. The van der Waals surface area contributed by atoms with Crippen molar-refractivity contribution in [2.75, 3.05) is 6.61 Å². The molecule has 0 aliphatic carbocycles. The van der Waals surface area contributed by atoms with Gasteiger partial charge in [-0.3, -0.25) is 4.79 Å². The van der Waals surface area contributed by atoms with E-state index in [0.29, 0.717) is 0 Å². The van der Waals surface area contributed by atoms with Gasteiger partial charge in [-0.05, 0) is 59.4 Å². The molecule has 0 heterocycles. The standard InChI is InChI=1S/C30H24F4O4/c1-18-20(9-5-10-23(18)19-7-3-2-4-8-19)17-38-22-15-24(29(34)25(31)16-22)21-13-26(32)30(27(33)14-21)37-12-6-11-28(35)36/h2-5,7-10,13-16H,6,11-12,17H2,1H3,(H,35,36). The van der Waals surface area contributed by atoms with Gasteiger partial charge in [-0.1, -0.05) is 48.5 Å². The fourth-order valence-corrected chi connectivity index (χ4v) is 4.04. The highest BCUT2D eigenvalue weighted by Crippen LogP contribution is 2.34. The zero-order valence-corrected chi connectivity index (χ0v) is 20.4. The molecule has 38 heavy (non-hydrogen) atoms. The van der Waals surface area contributed by atoms with Gasteiger partial charge in [-0.25, -0.2) is 17.6 Å². The van der Waals surface area contributed by atoms with Crippen molar-refractivity contribution in [3.63, 3.8) is 0 Å². The van der Waals surface area contributed by atoms with Crippen molar-refractivity contribution in [2.45, 2.75) is 26.4 Å². The molecule has 4 aromatic carbocycles. The minimum atomic E-state index is -1.28. The second-order valence-corrected chi connectivity index (χ2v) is 8.63. The summed E-state index contributed by atoms with van der Waals surface area (Å²) in [7, 11) is 0. The molecule has 0 aliphatic heterocycles. The van der Waals surface area contributed by atoms with Crippen molar-refractivity contribution < 1.29 is 36.9 Å². The topological polar surface area (TPSA) is 55.8 Å². The van der Waals surface area contributed by atoms with Crippen molar-refractivity contribution in [3.8, 4) is 33.8 Å². The third-order valence-electron chi connectivity index (χ3n) is 6.02. The van der Waals surface area contributed by atoms with Gasteiger partial charge in [-0.15, -0.1) is 0 Å². The predicted octanol–water partition coefficient (Wildman–Crippen LogP) is 7.71. The molecule has 196 valence electrons. The molecule has 0 fully saturated rings. The fourth-order valence-electron chi connectivity index (χ4n) is 4.04. The van der Waals surface area contributed by atoms with Crippen LogP contribution < -0.4 is 9.47 Å². The van der Waals surface area contributed by atoms with Crippen molar-refractivity contribution in [1.29, 1.82) is 0 Å². The SMILES string of the molecule is Cc1c(COc2cc(F)c(F)c(-c3cc(F)c(OCCCC(=O)O)c(F)c3)c2)cccc1-c1ccccc1. The molecule has 4 aromatic rings. The summed E-state index contributed by atoms with van der Waals surface area (Å²) in [6, 6.07) is 19.2. The number of rotatable bonds is 10. The summed E-state index contributed by atoms with van der Waals surface area (Å²) < 4.78 is 69.1. The molecule has 1 N–H and O–H groups in total. The zero-order valence-electron chi connectivity index (χ0n) is 20.4. The predicted molar refractivity (Wildman–Crippen MR) is 135 cm³/mol. The summed E-state index contributed by atoms with van der Waals surface area (Å²) in [5, 5.41) is 8.65. The van der Waals surface area contributed by atoms with Crippen LogP contribution >= 0.6 is 0 Å². The third-order valence-corrected chi connectivity index (χ3v) is 6.02. The Labute approximate surface area is 217 Å². The van der Waals surface area contributed by atoms with Crippen LogP contribution in [0, 0.1) is 30.2 Å². The molecule has 0 saturated heterocycles. The lowest BCUT2D eigenvalue weighted by atomic mass is 9.97. The minimum Gasteiger partial charge on any atom is -0.489 e. The Bertz CT molecular complexity index is 1430. The minimum absolute atomic E-state index is 0.0155. The molecule has 0 saturated carbocycles. The zero-order chi connectivity index (χ0) is 27.2. The highest BCUT2D eigenvalue weighted by Gasteiger charge is 2.19. The molecule has 0 radical (unpaired) electrons. The van der Waals surface area contributed by atoms with Gasteiger partial charge in [-0.2, -0.15) is 0 Å². The number of hydrogen-bond acceptors (Lipinski definition) is 3. The maximum absolute atomic E-state index is 14.7. The van der Waals surface area contributed by atoms with E-state index in [1.165, 1.54) is 6.07 Å². The van der Waals surface area contributed by atoms with Gasteiger partial charge in [0.05, 0.1) is 6.61 Å². The fraction of sp³-hybridized carbons (Fsp3) is 0.167. The maximum Gasteiger partial charge on any atom is 0.303 e. The van der Waals surface area contributed by atoms with E-state index < -0.39 is 35.0 Å². The van der Waals surface area contributed by atoms with Crippen molar-refractivity contribution in [3.05, 3.63) is 107 Å². The molecule has 0 unspecified atom stereocenters. The summed E-state index contributed by atoms with van der Waals surface area (Å²) in [5.74, 6) is -6.58. The number of carboxylic acids is 1. The maximum atomic E-state index is 14.7. The Morgan fingerprint density at radius 1 is 0.789 bits per heavy atom. The van der Waals surface area contributed by atoms with E-state index >= 15 is 0 Å². The van der Waals surface area contributed by atoms with E-state index in [4.69, 9.17) is 14.6 Å². The first-order valence-corrected chi connectivity index (χ1v) is 11.8. The largest absolute Gasteiger partial charge is 0.489 e. The molecule has 0 amide bonds. The molecule has 4 nitrogen and oxygen atoms in total. The quantitative estimate of drug-likeness (QED) is 0.171. The van der Waals surface area contributed by atoms with E-state index in [1.54, 1.807) is 0 Å². The Kier molecular flexibility index (Phi) is 8.31. The molecule has 0 aliphatic rings. The summed E-state index contributed by atoms with van der Waals surface area (Å²) in [6.07, 6.45) is -0.183. The Hall–Kier alpha value is -4.33. The van der Waals surface area contributed by atoms with Gasteiger partial charge in [0.15, 0.2) is 29.0 Å². The van der Waals surface area contributed by atoms with Gasteiger partial charge >= 0.3 is 5.97 Å². The summed E-state index contributed by atoms with van der Waals surface area (Å²) >= 11 is 0. The lowest BCUT2D eigenvalue weighted by Crippen LogP contribution is -2.05. The van der Waals surface area contributed by atoms with E-state index in [0.717, 1.165) is 40.5 Å². The van der Waals surface area contributed by atoms with Gasteiger partial charge in [0.2, 0.25) is 0 Å². The number of carboxylic acid groups (broad SMARTS) is 1. The Morgan fingerprint density at radius 3 is 2.18 bits per heavy atom. The molecular weight excluding hydrogens is 500 g/mol. The number of ether oxygens (including phenoxy) is 2.